The predicted octanol–water partition coefficient (Wildman–Crippen LogP) is 3.52. The van der Waals surface area contributed by atoms with Gasteiger partial charge in [0, 0.05) is 59.7 Å². The van der Waals surface area contributed by atoms with Crippen LogP contribution in [0.15, 0.2) is 60.9 Å². The van der Waals surface area contributed by atoms with Crippen LogP contribution < -0.4 is 31.9 Å². The number of aromatic amines is 2. The first-order valence-corrected chi connectivity index (χ1v) is 21.8. The number of aromatic nitrogens is 2. The fraction of sp³-hybridized carbons (Fsp3) is 0.489. The monoisotopic (exact) mass is 874 g/mol. The summed E-state index contributed by atoms with van der Waals surface area (Å²) in [5.41, 5.74) is 3.00. The highest BCUT2D eigenvalue weighted by Crippen LogP contribution is 2.22. The summed E-state index contributed by atoms with van der Waals surface area (Å²) in [5.74, 6) is -5.90. The summed E-state index contributed by atoms with van der Waals surface area (Å²) in [4.78, 5) is 101. The van der Waals surface area contributed by atoms with Crippen LogP contribution in [0.1, 0.15) is 78.9 Å². The van der Waals surface area contributed by atoms with Gasteiger partial charge in [0.15, 0.2) is 0 Å². The molecule has 2 heterocycles. The molecule has 0 bridgehead atoms. The van der Waals surface area contributed by atoms with Gasteiger partial charge >= 0.3 is 5.97 Å². The molecule has 0 spiro atoms. The fourth-order valence-corrected chi connectivity index (χ4v) is 7.54. The lowest BCUT2D eigenvalue weighted by atomic mass is 9.94. The number of carboxylic acid groups (broad SMARTS) is 1. The summed E-state index contributed by atoms with van der Waals surface area (Å²) in [5, 5.41) is 27.7. The van der Waals surface area contributed by atoms with E-state index in [1.807, 2.05) is 83.1 Å². The summed E-state index contributed by atoms with van der Waals surface area (Å²) in [6, 6.07) is 7.90. The van der Waals surface area contributed by atoms with Gasteiger partial charge in [-0.2, -0.15) is 12.6 Å². The second-order valence-electron chi connectivity index (χ2n) is 16.5. The number of para-hydroxylation sites is 2. The highest BCUT2D eigenvalue weighted by atomic mass is 32.1. The van der Waals surface area contributed by atoms with Gasteiger partial charge in [-0.05, 0) is 47.4 Å². The summed E-state index contributed by atoms with van der Waals surface area (Å²) in [7, 11) is 0. The summed E-state index contributed by atoms with van der Waals surface area (Å²) >= 11 is 4.06. The molecule has 0 aliphatic heterocycles. The quantitative estimate of drug-likeness (QED) is 0.0494. The molecule has 0 saturated carbocycles. The lowest BCUT2D eigenvalue weighted by molar-refractivity contribution is -0.141. The zero-order valence-corrected chi connectivity index (χ0v) is 37.4. The number of carbonyl (C=O) groups is 7. The third-order valence-corrected chi connectivity index (χ3v) is 11.6. The van der Waals surface area contributed by atoms with E-state index in [-0.39, 0.29) is 36.9 Å². The number of thiol groups is 1. The van der Waals surface area contributed by atoms with E-state index in [4.69, 9.17) is 0 Å². The van der Waals surface area contributed by atoms with E-state index in [0.717, 1.165) is 21.8 Å². The average molecular weight is 875 g/mol. The molecule has 0 saturated heterocycles. The average Bonchev–Trinajstić information content (AvgIpc) is 3.85. The summed E-state index contributed by atoms with van der Waals surface area (Å²) < 4.78 is 0. The third kappa shape index (κ3) is 13.1. The zero-order valence-electron chi connectivity index (χ0n) is 36.5. The van der Waals surface area contributed by atoms with Crippen LogP contribution in [0, 0.1) is 17.8 Å². The van der Waals surface area contributed by atoms with Gasteiger partial charge in [-0.25, -0.2) is 4.79 Å². The Balaban J connectivity index is 1.72. The third-order valence-electron chi connectivity index (χ3n) is 11.2. The largest absolute Gasteiger partial charge is 0.480 e. The molecule has 0 fully saturated rings. The van der Waals surface area contributed by atoms with Gasteiger partial charge in [0.2, 0.25) is 35.4 Å². The van der Waals surface area contributed by atoms with Crippen LogP contribution in [-0.4, -0.2) is 98.5 Å². The second kappa shape index (κ2) is 22.8. The first-order chi connectivity index (χ1) is 29.5. The van der Waals surface area contributed by atoms with E-state index in [1.54, 1.807) is 19.3 Å². The summed E-state index contributed by atoms with van der Waals surface area (Å²) in [6.45, 7) is 12.4. The molecule has 17 heteroatoms. The number of nitrogens with one attached hydrogen (secondary N) is 8. The number of amides is 6. The SMILES string of the molecule is CC[C@H](C)[C@H](NC(C)=O)C(=O)N[C@H](C(=O)N[C@@H](Cc1c[nH]c2ccccc12)C(=O)N[C@H](Cc1c[nH]c2ccccc12)C(=O)N[C@@H](CC(C)C)C(=O)N[C@@H](CS)C(=O)O)[C@@H](C)CC. The van der Waals surface area contributed by atoms with Crippen LogP contribution in [-0.2, 0) is 46.4 Å². The molecular weight excluding hydrogens is 813 g/mol. The van der Waals surface area contributed by atoms with Gasteiger partial charge in [0.25, 0.3) is 0 Å². The van der Waals surface area contributed by atoms with Gasteiger partial charge in [-0.1, -0.05) is 90.8 Å². The summed E-state index contributed by atoms with van der Waals surface area (Å²) in [6.07, 6.45) is 4.68. The van der Waals surface area contributed by atoms with Crippen LogP contribution in [0.5, 0.6) is 0 Å². The molecule has 336 valence electrons. The minimum atomic E-state index is -1.30. The molecular formula is C45H62N8O8S. The Hall–Kier alpha value is -5.84. The number of hydrogen-bond acceptors (Lipinski definition) is 8. The van der Waals surface area contributed by atoms with E-state index < -0.39 is 83.6 Å². The molecule has 2 aromatic heterocycles. The van der Waals surface area contributed by atoms with E-state index >= 15 is 0 Å². The molecule has 62 heavy (non-hydrogen) atoms. The number of aliphatic carboxylic acids is 1. The lowest BCUT2D eigenvalue weighted by Crippen LogP contribution is -2.61. The Labute approximate surface area is 367 Å². The first-order valence-electron chi connectivity index (χ1n) is 21.2. The minimum absolute atomic E-state index is 0.00967. The maximum atomic E-state index is 14.7. The Kier molecular flexibility index (Phi) is 18.0. The lowest BCUT2D eigenvalue weighted by Gasteiger charge is -2.30. The van der Waals surface area contributed by atoms with E-state index in [0.29, 0.717) is 24.0 Å². The van der Waals surface area contributed by atoms with Crippen molar-refractivity contribution in [1.29, 1.82) is 0 Å². The van der Waals surface area contributed by atoms with Crippen molar-refractivity contribution in [3.8, 4) is 0 Å². The maximum absolute atomic E-state index is 14.7. The normalized spacial score (nSPS) is 15.3. The molecule has 4 aromatic rings. The molecule has 4 rings (SSSR count). The Bertz CT molecular complexity index is 2200. The highest BCUT2D eigenvalue weighted by Gasteiger charge is 2.36. The molecule has 0 unspecified atom stereocenters. The highest BCUT2D eigenvalue weighted by molar-refractivity contribution is 7.80. The van der Waals surface area contributed by atoms with Gasteiger partial charge in [0.1, 0.15) is 36.3 Å². The van der Waals surface area contributed by atoms with Crippen molar-refractivity contribution in [3.05, 3.63) is 72.1 Å². The fourth-order valence-electron chi connectivity index (χ4n) is 7.29. The molecule has 6 amide bonds. The number of carboxylic acids is 1. The van der Waals surface area contributed by atoms with Crippen LogP contribution in [0.4, 0.5) is 0 Å². The van der Waals surface area contributed by atoms with Gasteiger partial charge in [0.05, 0.1) is 0 Å². The van der Waals surface area contributed by atoms with Crippen molar-refractivity contribution >= 4 is 75.8 Å². The molecule has 0 aliphatic carbocycles. The van der Waals surface area contributed by atoms with E-state index in [9.17, 15) is 38.7 Å². The number of benzene rings is 2. The molecule has 8 atom stereocenters. The van der Waals surface area contributed by atoms with Crippen LogP contribution in [0.2, 0.25) is 0 Å². The predicted molar refractivity (Wildman–Crippen MR) is 241 cm³/mol. The number of H-pyrrole nitrogens is 2. The maximum Gasteiger partial charge on any atom is 0.327 e. The molecule has 16 nitrogen and oxygen atoms in total. The van der Waals surface area contributed by atoms with Crippen LogP contribution in [0.3, 0.4) is 0 Å². The molecule has 2 aromatic carbocycles. The van der Waals surface area contributed by atoms with Crippen LogP contribution in [0.25, 0.3) is 21.8 Å². The Morgan fingerprint density at radius 1 is 0.581 bits per heavy atom. The number of hydrogen-bond donors (Lipinski definition) is 10. The number of rotatable bonds is 23. The van der Waals surface area contributed by atoms with Gasteiger partial charge in [-0.3, -0.25) is 28.8 Å². The molecule has 9 N–H and O–H groups in total. The van der Waals surface area contributed by atoms with Crippen molar-refractivity contribution in [1.82, 2.24) is 41.9 Å². The standard InChI is InChI=1S/C45H62N8O8S/c1-8-25(5)38(48-27(7)54)44(59)53-39(26(6)9-2)43(58)51-36(20-29-22-47-33-17-13-11-15-31(29)33)42(57)50-35(19-28-21-46-32-16-12-10-14-30(28)32)41(56)49-34(18-24(3)4)40(55)52-37(23-62)45(60)61/h10-17,21-22,24-26,34-39,46-47,62H,8-9,18-20,23H2,1-7H3,(H,48,54)(H,49,56)(H,50,57)(H,51,58)(H,52,55)(H,53,59)(H,60,61)/t25-,26-,34-,35+,36-,37-,38-,39-/m0/s1. The Morgan fingerprint density at radius 2 is 0.984 bits per heavy atom. The minimum Gasteiger partial charge on any atom is -0.480 e. The van der Waals surface area contributed by atoms with Crippen molar-refractivity contribution < 1.29 is 38.7 Å². The van der Waals surface area contributed by atoms with E-state index in [2.05, 4.69) is 54.5 Å². The molecule has 0 aliphatic rings. The van der Waals surface area contributed by atoms with Crippen molar-refractivity contribution in [2.24, 2.45) is 17.8 Å². The van der Waals surface area contributed by atoms with Crippen molar-refractivity contribution in [2.75, 3.05) is 5.75 Å². The number of fused-ring (bicyclic) bond motifs is 2. The second-order valence-corrected chi connectivity index (χ2v) is 16.8. The van der Waals surface area contributed by atoms with Crippen molar-refractivity contribution in [2.45, 2.75) is 117 Å². The van der Waals surface area contributed by atoms with Crippen molar-refractivity contribution in [3.63, 3.8) is 0 Å². The number of carbonyl (C=O) groups excluding carboxylic acids is 6. The van der Waals surface area contributed by atoms with Gasteiger partial charge < -0.3 is 47.0 Å². The topological polar surface area (TPSA) is 243 Å². The smallest absolute Gasteiger partial charge is 0.327 e. The molecule has 0 radical (unpaired) electrons. The van der Waals surface area contributed by atoms with E-state index in [1.165, 1.54) is 6.92 Å². The first kappa shape index (κ1) is 48.8. The van der Waals surface area contributed by atoms with Crippen LogP contribution >= 0.6 is 12.6 Å². The zero-order chi connectivity index (χ0) is 45.7. The van der Waals surface area contributed by atoms with Gasteiger partial charge in [-0.15, -0.1) is 0 Å². The Morgan fingerprint density at radius 3 is 1.42 bits per heavy atom.